The maximum Gasteiger partial charge on any atom is 0.303 e. The van der Waals surface area contributed by atoms with Gasteiger partial charge in [-0.05, 0) is 43.4 Å². The molecule has 2 rings (SSSR count). The van der Waals surface area contributed by atoms with Crippen LogP contribution in [0.4, 0.5) is 5.69 Å². The fourth-order valence-electron chi connectivity index (χ4n) is 2.67. The molecule has 0 aromatic heterocycles. The first-order valence-corrected chi connectivity index (χ1v) is 7.29. The van der Waals surface area contributed by atoms with E-state index in [-0.39, 0.29) is 17.7 Å². The summed E-state index contributed by atoms with van der Waals surface area (Å²) in [4.78, 5) is 22.9. The molecule has 4 heteroatoms. The number of aliphatic carboxylic acids is 1. The number of carboxylic acid groups (broad SMARTS) is 1. The highest BCUT2D eigenvalue weighted by Gasteiger charge is 2.42. The molecule has 4 nitrogen and oxygen atoms in total. The number of carbonyl (C=O) groups excluding carboxylic acids is 1. The molecule has 1 fully saturated rings. The van der Waals surface area contributed by atoms with Crippen LogP contribution in [0.25, 0.3) is 0 Å². The fourth-order valence-corrected chi connectivity index (χ4v) is 2.67. The number of anilines is 1. The molecule has 0 aliphatic heterocycles. The topological polar surface area (TPSA) is 66.4 Å². The molecule has 0 saturated heterocycles. The molecule has 0 spiro atoms. The van der Waals surface area contributed by atoms with Crippen LogP contribution in [0.1, 0.15) is 37.7 Å². The normalized spacial score (nSPS) is 15.8. The van der Waals surface area contributed by atoms with Gasteiger partial charge in [0, 0.05) is 12.1 Å². The Morgan fingerprint density at radius 1 is 1.29 bits per heavy atom. The summed E-state index contributed by atoms with van der Waals surface area (Å²) in [6.45, 7) is 3.74. The number of carboxylic acids is 1. The second-order valence-corrected chi connectivity index (χ2v) is 5.67. The third kappa shape index (κ3) is 3.72. The first-order chi connectivity index (χ1) is 10.1. The average molecular weight is 287 g/mol. The molecule has 0 bridgehead atoms. The fraction of sp³-hybridized carbons (Fsp3) is 0.412. The molecule has 1 aliphatic carbocycles. The van der Waals surface area contributed by atoms with Crippen molar-refractivity contribution >= 4 is 17.6 Å². The molecule has 0 unspecified atom stereocenters. The lowest BCUT2D eigenvalue weighted by molar-refractivity contribution is -0.137. The van der Waals surface area contributed by atoms with Crippen molar-refractivity contribution in [3.63, 3.8) is 0 Å². The van der Waals surface area contributed by atoms with Crippen molar-refractivity contribution in [1.82, 2.24) is 0 Å². The van der Waals surface area contributed by atoms with Gasteiger partial charge in [0.25, 0.3) is 0 Å². The van der Waals surface area contributed by atoms with E-state index >= 15 is 0 Å². The Morgan fingerprint density at radius 2 is 1.95 bits per heavy atom. The van der Waals surface area contributed by atoms with Gasteiger partial charge in [-0.1, -0.05) is 24.6 Å². The SMILES string of the molecule is C=CCC1(C(=O)Nc2ccc(CCC(=O)O)cc2)CCC1. The van der Waals surface area contributed by atoms with Crippen molar-refractivity contribution in [2.24, 2.45) is 5.41 Å². The lowest BCUT2D eigenvalue weighted by Crippen LogP contribution is -2.41. The van der Waals surface area contributed by atoms with Crippen molar-refractivity contribution in [3.05, 3.63) is 42.5 Å². The Kier molecular flexibility index (Phi) is 4.78. The predicted octanol–water partition coefficient (Wildman–Crippen LogP) is 3.39. The van der Waals surface area contributed by atoms with Crippen LogP contribution in [0.2, 0.25) is 0 Å². The number of rotatable bonds is 7. The van der Waals surface area contributed by atoms with Gasteiger partial charge in [0.1, 0.15) is 0 Å². The number of nitrogens with one attached hydrogen (secondary N) is 1. The minimum Gasteiger partial charge on any atom is -0.481 e. The van der Waals surface area contributed by atoms with Gasteiger partial charge in [0.05, 0.1) is 5.41 Å². The van der Waals surface area contributed by atoms with E-state index in [1.165, 1.54) is 0 Å². The molecule has 1 amide bonds. The Bertz CT molecular complexity index is 529. The van der Waals surface area contributed by atoms with Gasteiger partial charge in [0.15, 0.2) is 0 Å². The van der Waals surface area contributed by atoms with E-state index < -0.39 is 5.97 Å². The van der Waals surface area contributed by atoms with Crippen LogP contribution in [0, 0.1) is 5.41 Å². The van der Waals surface area contributed by atoms with E-state index in [9.17, 15) is 9.59 Å². The van der Waals surface area contributed by atoms with Gasteiger partial charge in [-0.15, -0.1) is 6.58 Å². The molecule has 0 heterocycles. The summed E-state index contributed by atoms with van der Waals surface area (Å²) in [7, 11) is 0. The molecule has 2 N–H and O–H groups in total. The maximum atomic E-state index is 12.4. The van der Waals surface area contributed by atoms with Crippen LogP contribution < -0.4 is 5.32 Å². The summed E-state index contributed by atoms with van der Waals surface area (Å²) in [5.74, 6) is -0.740. The van der Waals surface area contributed by atoms with Gasteiger partial charge in [-0.3, -0.25) is 9.59 Å². The van der Waals surface area contributed by atoms with E-state index in [1.807, 2.05) is 30.3 Å². The lowest BCUT2D eigenvalue weighted by atomic mass is 9.66. The summed E-state index contributed by atoms with van der Waals surface area (Å²) in [5, 5.41) is 11.6. The molecule has 1 saturated carbocycles. The highest BCUT2D eigenvalue weighted by atomic mass is 16.4. The Morgan fingerprint density at radius 3 is 2.43 bits per heavy atom. The molecular weight excluding hydrogens is 266 g/mol. The van der Waals surface area contributed by atoms with Crippen LogP contribution in [0.3, 0.4) is 0 Å². The number of hydrogen-bond acceptors (Lipinski definition) is 2. The Hall–Kier alpha value is -2.10. The highest BCUT2D eigenvalue weighted by Crippen LogP contribution is 2.45. The van der Waals surface area contributed by atoms with E-state index in [0.29, 0.717) is 6.42 Å². The van der Waals surface area contributed by atoms with Crippen molar-refractivity contribution in [3.8, 4) is 0 Å². The Labute approximate surface area is 124 Å². The Balaban J connectivity index is 1.95. The van der Waals surface area contributed by atoms with E-state index in [4.69, 9.17) is 5.11 Å². The summed E-state index contributed by atoms with van der Waals surface area (Å²) in [6, 6.07) is 7.38. The van der Waals surface area contributed by atoms with Gasteiger partial charge in [-0.25, -0.2) is 0 Å². The number of amides is 1. The van der Waals surface area contributed by atoms with E-state index in [0.717, 1.165) is 36.9 Å². The summed E-state index contributed by atoms with van der Waals surface area (Å²) < 4.78 is 0. The standard InChI is InChI=1S/C17H21NO3/c1-2-10-17(11-3-12-17)16(21)18-14-7-4-13(5-8-14)6-9-15(19)20/h2,4-5,7-8H,1,3,6,9-12H2,(H,18,21)(H,19,20). The molecule has 0 radical (unpaired) electrons. The average Bonchev–Trinajstić information content (AvgIpc) is 2.42. The summed E-state index contributed by atoms with van der Waals surface area (Å²) >= 11 is 0. The number of carbonyl (C=O) groups is 2. The quantitative estimate of drug-likeness (QED) is 0.755. The molecule has 1 aromatic carbocycles. The molecule has 1 aromatic rings. The van der Waals surface area contributed by atoms with Gasteiger partial charge >= 0.3 is 5.97 Å². The first kappa shape index (κ1) is 15.3. The van der Waals surface area contributed by atoms with Crippen molar-refractivity contribution < 1.29 is 14.7 Å². The van der Waals surface area contributed by atoms with Crippen LogP contribution in [0.5, 0.6) is 0 Å². The number of hydrogen-bond donors (Lipinski definition) is 2. The number of allylic oxidation sites excluding steroid dienone is 1. The summed E-state index contributed by atoms with van der Waals surface area (Å²) in [5.41, 5.74) is 1.44. The zero-order valence-electron chi connectivity index (χ0n) is 12.1. The zero-order valence-corrected chi connectivity index (χ0v) is 12.1. The number of aryl methyl sites for hydroxylation is 1. The minimum atomic E-state index is -0.802. The van der Waals surface area contributed by atoms with Crippen molar-refractivity contribution in [1.29, 1.82) is 0 Å². The molecule has 0 atom stereocenters. The maximum absolute atomic E-state index is 12.4. The zero-order chi connectivity index (χ0) is 15.3. The lowest BCUT2D eigenvalue weighted by Gasteiger charge is -2.39. The third-order valence-electron chi connectivity index (χ3n) is 4.17. The monoisotopic (exact) mass is 287 g/mol. The molecular formula is C17H21NO3. The highest BCUT2D eigenvalue weighted by molar-refractivity contribution is 5.96. The molecule has 21 heavy (non-hydrogen) atoms. The third-order valence-corrected chi connectivity index (χ3v) is 4.17. The second-order valence-electron chi connectivity index (χ2n) is 5.67. The molecule has 1 aliphatic rings. The predicted molar refractivity (Wildman–Crippen MR) is 82.1 cm³/mol. The van der Waals surface area contributed by atoms with Crippen LogP contribution >= 0.6 is 0 Å². The first-order valence-electron chi connectivity index (χ1n) is 7.29. The smallest absolute Gasteiger partial charge is 0.303 e. The molecule has 112 valence electrons. The minimum absolute atomic E-state index is 0.0620. The second kappa shape index (κ2) is 6.57. The van der Waals surface area contributed by atoms with E-state index in [1.54, 1.807) is 0 Å². The van der Waals surface area contributed by atoms with Crippen LogP contribution in [0.15, 0.2) is 36.9 Å². The van der Waals surface area contributed by atoms with Crippen LogP contribution in [-0.4, -0.2) is 17.0 Å². The van der Waals surface area contributed by atoms with Crippen molar-refractivity contribution in [2.45, 2.75) is 38.5 Å². The van der Waals surface area contributed by atoms with E-state index in [2.05, 4.69) is 11.9 Å². The van der Waals surface area contributed by atoms with Gasteiger partial charge in [-0.2, -0.15) is 0 Å². The van der Waals surface area contributed by atoms with Gasteiger partial charge < -0.3 is 10.4 Å². The van der Waals surface area contributed by atoms with Crippen LogP contribution in [-0.2, 0) is 16.0 Å². The van der Waals surface area contributed by atoms with Gasteiger partial charge in [0.2, 0.25) is 5.91 Å². The summed E-state index contributed by atoms with van der Waals surface area (Å²) in [6.07, 6.45) is 6.08. The van der Waals surface area contributed by atoms with Crippen molar-refractivity contribution in [2.75, 3.05) is 5.32 Å². The largest absolute Gasteiger partial charge is 0.481 e. The number of benzene rings is 1.